The molecule has 25 heavy (non-hydrogen) atoms. The molecule has 2 aromatic carbocycles. The maximum atomic E-state index is 5.68. The number of rotatable bonds is 11. The molecule has 2 rings (SSSR count). The fourth-order valence-corrected chi connectivity index (χ4v) is 2.42. The van der Waals surface area contributed by atoms with Gasteiger partial charge in [-0.3, -0.25) is 0 Å². The van der Waals surface area contributed by atoms with Gasteiger partial charge in [0.25, 0.3) is 0 Å². The van der Waals surface area contributed by atoms with Gasteiger partial charge >= 0.3 is 0 Å². The van der Waals surface area contributed by atoms with E-state index < -0.39 is 0 Å². The number of halogens is 1. The van der Waals surface area contributed by atoms with Crippen LogP contribution in [-0.2, 0) is 0 Å². The third-order valence-corrected chi connectivity index (χ3v) is 3.84. The summed E-state index contributed by atoms with van der Waals surface area (Å²) in [4.78, 5) is 0. The van der Waals surface area contributed by atoms with Crippen molar-refractivity contribution in [2.45, 2.75) is 38.5 Å². The first-order valence-corrected chi connectivity index (χ1v) is 8.71. The third kappa shape index (κ3) is 9.11. The Bertz CT molecular complexity index is 520. The second-order valence-corrected chi connectivity index (χ2v) is 5.96. The fourth-order valence-electron chi connectivity index (χ4n) is 2.42. The molecule has 0 aromatic heterocycles. The zero-order valence-electron chi connectivity index (χ0n) is 14.7. The average Bonchev–Trinajstić information content (AvgIpc) is 2.60. The second-order valence-electron chi connectivity index (χ2n) is 5.96. The van der Waals surface area contributed by atoms with Gasteiger partial charge in [0, 0.05) is 11.4 Å². The van der Waals surface area contributed by atoms with Crippen molar-refractivity contribution in [1.82, 2.24) is 0 Å². The normalized spacial score (nSPS) is 10.1. The van der Waals surface area contributed by atoms with Crippen LogP contribution in [0.5, 0.6) is 11.5 Å². The van der Waals surface area contributed by atoms with Crippen LogP contribution in [-0.4, -0.2) is 13.2 Å². The second kappa shape index (κ2) is 12.3. The summed E-state index contributed by atoms with van der Waals surface area (Å²) in [6.45, 7) is 1.54. The number of ether oxygens (including phenoxy) is 2. The molecule has 0 bridgehead atoms. The van der Waals surface area contributed by atoms with Gasteiger partial charge in [0.2, 0.25) is 0 Å². The van der Waals surface area contributed by atoms with E-state index in [0.29, 0.717) is 0 Å². The molecule has 0 fully saturated rings. The molecule has 138 valence electrons. The van der Waals surface area contributed by atoms with Crippen molar-refractivity contribution >= 4 is 23.8 Å². The number of hydrogen-bond acceptors (Lipinski definition) is 4. The Labute approximate surface area is 156 Å². The van der Waals surface area contributed by atoms with E-state index in [1.807, 2.05) is 48.5 Å². The molecule has 4 nitrogen and oxygen atoms in total. The smallest absolute Gasteiger partial charge is 0.119 e. The summed E-state index contributed by atoms with van der Waals surface area (Å²) in [6.07, 6.45) is 7.07. The standard InChI is InChI=1S/C20H28N2O2.ClH/c21-17-7-11-19(12-8-17)23-15-5-3-1-2-4-6-16-24-20-13-9-18(22)10-14-20;/h7-14H,1-6,15-16,21-22H2;1H. The van der Waals surface area contributed by atoms with Gasteiger partial charge in [-0.1, -0.05) is 25.7 Å². The van der Waals surface area contributed by atoms with Gasteiger partial charge in [0.05, 0.1) is 13.2 Å². The minimum absolute atomic E-state index is 0. The minimum atomic E-state index is 0. The van der Waals surface area contributed by atoms with Crippen molar-refractivity contribution in [1.29, 1.82) is 0 Å². The number of nitrogens with two attached hydrogens (primary N) is 2. The van der Waals surface area contributed by atoms with Crippen LogP contribution in [0.1, 0.15) is 38.5 Å². The van der Waals surface area contributed by atoms with Gasteiger partial charge in [-0.15, -0.1) is 12.4 Å². The van der Waals surface area contributed by atoms with Crippen molar-refractivity contribution < 1.29 is 9.47 Å². The summed E-state index contributed by atoms with van der Waals surface area (Å²) in [5, 5.41) is 0. The molecule has 0 aliphatic carbocycles. The van der Waals surface area contributed by atoms with Crippen molar-refractivity contribution in [2.24, 2.45) is 0 Å². The maximum Gasteiger partial charge on any atom is 0.119 e. The van der Waals surface area contributed by atoms with Crippen LogP contribution in [0.3, 0.4) is 0 Å². The average molecular weight is 365 g/mol. The molecule has 0 radical (unpaired) electrons. The monoisotopic (exact) mass is 364 g/mol. The lowest BCUT2D eigenvalue weighted by molar-refractivity contribution is 0.297. The fraction of sp³-hybridized carbons (Fsp3) is 0.400. The summed E-state index contributed by atoms with van der Waals surface area (Å²) >= 11 is 0. The number of benzene rings is 2. The maximum absolute atomic E-state index is 5.68. The van der Waals surface area contributed by atoms with Crippen molar-refractivity contribution in [3.8, 4) is 11.5 Å². The van der Waals surface area contributed by atoms with Crippen LogP contribution in [0, 0.1) is 0 Å². The molecule has 0 saturated carbocycles. The van der Waals surface area contributed by atoms with Crippen LogP contribution in [0.15, 0.2) is 48.5 Å². The summed E-state index contributed by atoms with van der Waals surface area (Å²) in [5.74, 6) is 1.79. The van der Waals surface area contributed by atoms with Crippen molar-refractivity contribution in [2.75, 3.05) is 24.7 Å². The Morgan fingerprint density at radius 1 is 0.520 bits per heavy atom. The van der Waals surface area contributed by atoms with Crippen LogP contribution in [0.25, 0.3) is 0 Å². The highest BCUT2D eigenvalue weighted by atomic mass is 35.5. The predicted molar refractivity (Wildman–Crippen MR) is 108 cm³/mol. The molecule has 0 unspecified atom stereocenters. The molecule has 5 heteroatoms. The summed E-state index contributed by atoms with van der Waals surface area (Å²) in [6, 6.07) is 15.1. The van der Waals surface area contributed by atoms with Gasteiger partial charge in [-0.05, 0) is 61.4 Å². The molecule has 0 spiro atoms. The highest BCUT2D eigenvalue weighted by molar-refractivity contribution is 5.85. The van der Waals surface area contributed by atoms with E-state index in [9.17, 15) is 0 Å². The van der Waals surface area contributed by atoms with Gasteiger partial charge in [0.15, 0.2) is 0 Å². The molecule has 2 aromatic rings. The molecular weight excluding hydrogens is 336 g/mol. The van der Waals surface area contributed by atoms with E-state index >= 15 is 0 Å². The van der Waals surface area contributed by atoms with Gasteiger partial charge < -0.3 is 20.9 Å². The van der Waals surface area contributed by atoms with Crippen molar-refractivity contribution in [3.63, 3.8) is 0 Å². The lowest BCUT2D eigenvalue weighted by Gasteiger charge is -2.07. The number of anilines is 2. The number of nitrogen functional groups attached to an aromatic ring is 2. The first-order valence-electron chi connectivity index (χ1n) is 8.71. The Morgan fingerprint density at radius 2 is 0.840 bits per heavy atom. The Morgan fingerprint density at radius 3 is 1.20 bits per heavy atom. The Kier molecular flexibility index (Phi) is 10.3. The summed E-state index contributed by atoms with van der Waals surface area (Å²) < 4.78 is 11.4. The Balaban J connectivity index is 0.00000312. The zero-order valence-corrected chi connectivity index (χ0v) is 15.5. The number of unbranched alkanes of at least 4 members (excludes halogenated alkanes) is 5. The SMILES string of the molecule is Cl.Nc1ccc(OCCCCCCCCOc2ccc(N)cc2)cc1. The quantitative estimate of drug-likeness (QED) is 0.431. The van der Waals surface area contributed by atoms with E-state index in [0.717, 1.165) is 48.9 Å². The lowest BCUT2D eigenvalue weighted by Crippen LogP contribution is -1.98. The first kappa shape index (κ1) is 21.0. The summed E-state index contributed by atoms with van der Waals surface area (Å²) in [7, 11) is 0. The molecule has 0 aliphatic rings. The van der Waals surface area contributed by atoms with E-state index in [-0.39, 0.29) is 12.4 Å². The highest BCUT2D eigenvalue weighted by Crippen LogP contribution is 2.15. The molecule has 0 saturated heterocycles. The van der Waals surface area contributed by atoms with E-state index in [1.54, 1.807) is 0 Å². The lowest BCUT2D eigenvalue weighted by atomic mass is 10.1. The summed E-state index contributed by atoms with van der Waals surface area (Å²) in [5.41, 5.74) is 12.8. The molecule has 0 amide bonds. The topological polar surface area (TPSA) is 70.5 Å². The zero-order chi connectivity index (χ0) is 17.0. The van der Waals surface area contributed by atoms with Gasteiger partial charge in [-0.25, -0.2) is 0 Å². The number of hydrogen-bond donors (Lipinski definition) is 2. The van der Waals surface area contributed by atoms with E-state index in [1.165, 1.54) is 25.7 Å². The molecule has 4 N–H and O–H groups in total. The van der Waals surface area contributed by atoms with E-state index in [2.05, 4.69) is 0 Å². The Hall–Kier alpha value is -2.07. The largest absolute Gasteiger partial charge is 0.494 e. The van der Waals surface area contributed by atoms with Crippen LogP contribution >= 0.6 is 12.4 Å². The van der Waals surface area contributed by atoms with Gasteiger partial charge in [0.1, 0.15) is 11.5 Å². The molecule has 0 atom stereocenters. The molecule has 0 heterocycles. The highest BCUT2D eigenvalue weighted by Gasteiger charge is 1.96. The van der Waals surface area contributed by atoms with Gasteiger partial charge in [-0.2, -0.15) is 0 Å². The first-order chi connectivity index (χ1) is 11.7. The van der Waals surface area contributed by atoms with Crippen molar-refractivity contribution in [3.05, 3.63) is 48.5 Å². The predicted octanol–water partition coefficient (Wildman–Crippen LogP) is 5.07. The molecule has 0 aliphatic heterocycles. The van der Waals surface area contributed by atoms with Crippen LogP contribution < -0.4 is 20.9 Å². The minimum Gasteiger partial charge on any atom is -0.494 e. The van der Waals surface area contributed by atoms with Crippen LogP contribution in [0.4, 0.5) is 11.4 Å². The third-order valence-electron chi connectivity index (χ3n) is 3.84. The van der Waals surface area contributed by atoms with Crippen LogP contribution in [0.2, 0.25) is 0 Å². The van der Waals surface area contributed by atoms with E-state index in [4.69, 9.17) is 20.9 Å². The molecular formula is C20H29ClN2O2.